The van der Waals surface area contributed by atoms with Crippen LogP contribution in [0.25, 0.3) is 0 Å². The van der Waals surface area contributed by atoms with Gasteiger partial charge >= 0.3 is 0 Å². The standard InChI is InChI=1S/C15H13N3/c1-11-9-12-5-2-3-7-14(12)18(11)15-13(10-16)6-4-8-17-15/h2-8,11H,9H2,1H3. The molecule has 0 spiro atoms. The number of para-hydroxylation sites is 1. The number of benzene rings is 1. The van der Waals surface area contributed by atoms with E-state index in [1.807, 2.05) is 12.1 Å². The van der Waals surface area contributed by atoms with Crippen molar-refractivity contribution in [2.24, 2.45) is 0 Å². The van der Waals surface area contributed by atoms with E-state index in [4.69, 9.17) is 0 Å². The molecule has 0 N–H and O–H groups in total. The minimum absolute atomic E-state index is 0.337. The van der Waals surface area contributed by atoms with Crippen LogP contribution in [0.15, 0.2) is 42.6 Å². The number of fused-ring (bicyclic) bond motifs is 1. The van der Waals surface area contributed by atoms with Gasteiger partial charge in [-0.1, -0.05) is 18.2 Å². The number of nitrogens with zero attached hydrogens (tertiary/aromatic N) is 3. The highest BCUT2D eigenvalue weighted by molar-refractivity contribution is 5.72. The smallest absolute Gasteiger partial charge is 0.151 e. The maximum atomic E-state index is 9.20. The van der Waals surface area contributed by atoms with Crippen LogP contribution >= 0.6 is 0 Å². The Morgan fingerprint density at radius 2 is 2.11 bits per heavy atom. The van der Waals surface area contributed by atoms with Gasteiger partial charge in [-0.2, -0.15) is 5.26 Å². The minimum Gasteiger partial charge on any atom is -0.322 e. The van der Waals surface area contributed by atoms with E-state index in [-0.39, 0.29) is 0 Å². The Morgan fingerprint density at radius 1 is 1.28 bits per heavy atom. The fraction of sp³-hybridized carbons (Fsp3) is 0.200. The number of rotatable bonds is 1. The Bertz CT molecular complexity index is 628. The predicted molar refractivity (Wildman–Crippen MR) is 70.7 cm³/mol. The van der Waals surface area contributed by atoms with Gasteiger partial charge in [0.15, 0.2) is 5.82 Å². The topological polar surface area (TPSA) is 39.9 Å². The van der Waals surface area contributed by atoms with Crippen LogP contribution in [0.5, 0.6) is 0 Å². The van der Waals surface area contributed by atoms with Crippen LogP contribution in [0.1, 0.15) is 18.1 Å². The van der Waals surface area contributed by atoms with E-state index < -0.39 is 0 Å². The summed E-state index contributed by atoms with van der Waals surface area (Å²) in [6, 6.07) is 14.5. The summed E-state index contributed by atoms with van der Waals surface area (Å²) in [5.74, 6) is 0.762. The summed E-state index contributed by atoms with van der Waals surface area (Å²) in [7, 11) is 0. The lowest BCUT2D eigenvalue weighted by molar-refractivity contribution is 0.749. The predicted octanol–water partition coefficient (Wildman–Crippen LogP) is 3.04. The number of hydrogen-bond acceptors (Lipinski definition) is 3. The first-order chi connectivity index (χ1) is 8.81. The van der Waals surface area contributed by atoms with Gasteiger partial charge < -0.3 is 4.90 Å². The largest absolute Gasteiger partial charge is 0.322 e. The van der Waals surface area contributed by atoms with E-state index in [9.17, 15) is 5.26 Å². The second-order valence-electron chi connectivity index (χ2n) is 4.54. The molecule has 0 aliphatic carbocycles. The van der Waals surface area contributed by atoms with Crippen LogP contribution in [-0.2, 0) is 6.42 Å². The van der Waals surface area contributed by atoms with Gasteiger partial charge in [0.2, 0.25) is 0 Å². The van der Waals surface area contributed by atoms with Crippen LogP contribution in [0.2, 0.25) is 0 Å². The van der Waals surface area contributed by atoms with Crippen LogP contribution in [0, 0.1) is 11.3 Å². The number of hydrogen-bond donors (Lipinski definition) is 0. The normalized spacial score (nSPS) is 17.3. The molecule has 1 aliphatic heterocycles. The van der Waals surface area contributed by atoms with Gasteiger partial charge in [-0.3, -0.25) is 0 Å². The molecule has 1 aromatic carbocycles. The van der Waals surface area contributed by atoms with Crippen molar-refractivity contribution < 1.29 is 0 Å². The monoisotopic (exact) mass is 235 g/mol. The number of pyridine rings is 1. The Labute approximate surface area is 106 Å². The molecule has 1 atom stereocenters. The fourth-order valence-corrected chi connectivity index (χ4v) is 2.56. The zero-order chi connectivity index (χ0) is 12.5. The van der Waals surface area contributed by atoms with Gasteiger partial charge in [0.05, 0.1) is 5.56 Å². The fourth-order valence-electron chi connectivity index (χ4n) is 2.56. The molecule has 0 fully saturated rings. The molecule has 18 heavy (non-hydrogen) atoms. The molecule has 3 rings (SSSR count). The second-order valence-corrected chi connectivity index (χ2v) is 4.54. The quantitative estimate of drug-likeness (QED) is 0.762. The highest BCUT2D eigenvalue weighted by Gasteiger charge is 2.28. The molecule has 1 aromatic heterocycles. The van der Waals surface area contributed by atoms with Gasteiger partial charge in [-0.25, -0.2) is 4.98 Å². The van der Waals surface area contributed by atoms with Crippen molar-refractivity contribution in [3.05, 3.63) is 53.7 Å². The number of nitriles is 1. The summed E-state index contributed by atoms with van der Waals surface area (Å²) in [4.78, 5) is 6.54. The van der Waals surface area contributed by atoms with Gasteiger partial charge in [0.1, 0.15) is 6.07 Å². The first-order valence-corrected chi connectivity index (χ1v) is 6.03. The van der Waals surface area contributed by atoms with Gasteiger partial charge in [-0.05, 0) is 37.1 Å². The van der Waals surface area contributed by atoms with Crippen molar-refractivity contribution in [1.82, 2.24) is 4.98 Å². The highest BCUT2D eigenvalue weighted by Crippen LogP contribution is 2.38. The second kappa shape index (κ2) is 4.15. The highest BCUT2D eigenvalue weighted by atomic mass is 15.2. The average Bonchev–Trinajstić information content (AvgIpc) is 2.74. The lowest BCUT2D eigenvalue weighted by Gasteiger charge is -2.24. The Kier molecular flexibility index (Phi) is 2.49. The molecule has 0 amide bonds. The Hall–Kier alpha value is -2.34. The van der Waals surface area contributed by atoms with Gasteiger partial charge in [0.25, 0.3) is 0 Å². The van der Waals surface area contributed by atoms with Crippen molar-refractivity contribution in [1.29, 1.82) is 5.26 Å². The van der Waals surface area contributed by atoms with Crippen molar-refractivity contribution in [2.75, 3.05) is 4.90 Å². The zero-order valence-corrected chi connectivity index (χ0v) is 10.2. The number of anilines is 2. The average molecular weight is 235 g/mol. The first-order valence-electron chi connectivity index (χ1n) is 6.03. The summed E-state index contributed by atoms with van der Waals surface area (Å²) < 4.78 is 0. The van der Waals surface area contributed by atoms with Crippen molar-refractivity contribution in [3.8, 4) is 6.07 Å². The van der Waals surface area contributed by atoms with E-state index in [0.717, 1.165) is 12.2 Å². The molecule has 88 valence electrons. The summed E-state index contributed by atoms with van der Waals surface area (Å²) in [5, 5.41) is 9.20. The summed E-state index contributed by atoms with van der Waals surface area (Å²) >= 11 is 0. The summed E-state index contributed by atoms with van der Waals surface area (Å²) in [6.45, 7) is 2.16. The SMILES string of the molecule is CC1Cc2ccccc2N1c1ncccc1C#N. The molecule has 0 bridgehead atoms. The lowest BCUT2D eigenvalue weighted by Crippen LogP contribution is -2.25. The first kappa shape index (κ1) is 10.8. The third-order valence-corrected chi connectivity index (χ3v) is 3.34. The molecule has 2 aromatic rings. The molecule has 0 radical (unpaired) electrons. The third kappa shape index (κ3) is 1.54. The Morgan fingerprint density at radius 3 is 2.94 bits per heavy atom. The maximum Gasteiger partial charge on any atom is 0.151 e. The molecule has 2 heterocycles. The van der Waals surface area contributed by atoms with Crippen LogP contribution in [0.4, 0.5) is 11.5 Å². The van der Waals surface area contributed by atoms with Crippen LogP contribution in [-0.4, -0.2) is 11.0 Å². The van der Waals surface area contributed by atoms with E-state index in [0.29, 0.717) is 11.6 Å². The molecule has 1 unspecified atom stereocenters. The molecular weight excluding hydrogens is 222 g/mol. The van der Waals surface area contributed by atoms with E-state index >= 15 is 0 Å². The van der Waals surface area contributed by atoms with Crippen molar-refractivity contribution in [2.45, 2.75) is 19.4 Å². The third-order valence-electron chi connectivity index (χ3n) is 3.34. The van der Waals surface area contributed by atoms with Gasteiger partial charge in [0, 0.05) is 17.9 Å². The van der Waals surface area contributed by atoms with Crippen LogP contribution in [0.3, 0.4) is 0 Å². The van der Waals surface area contributed by atoms with Crippen molar-refractivity contribution in [3.63, 3.8) is 0 Å². The molecule has 3 nitrogen and oxygen atoms in total. The Balaban J connectivity index is 2.15. The molecule has 1 aliphatic rings. The van der Waals surface area contributed by atoms with Crippen molar-refractivity contribution >= 4 is 11.5 Å². The van der Waals surface area contributed by atoms with E-state index in [1.54, 1.807) is 12.3 Å². The molecule has 0 saturated heterocycles. The molecule has 3 heteroatoms. The maximum absolute atomic E-state index is 9.20. The van der Waals surface area contributed by atoms with E-state index in [1.165, 1.54) is 11.3 Å². The summed E-state index contributed by atoms with van der Waals surface area (Å²) in [5.41, 5.74) is 3.11. The lowest BCUT2D eigenvalue weighted by atomic mass is 10.1. The van der Waals surface area contributed by atoms with E-state index in [2.05, 4.69) is 41.1 Å². The van der Waals surface area contributed by atoms with Gasteiger partial charge in [-0.15, -0.1) is 0 Å². The minimum atomic E-state index is 0.337. The summed E-state index contributed by atoms with van der Waals surface area (Å²) in [6.07, 6.45) is 2.74. The zero-order valence-electron chi connectivity index (χ0n) is 10.2. The number of aromatic nitrogens is 1. The molecule has 0 saturated carbocycles. The molecular formula is C15H13N3. The van der Waals surface area contributed by atoms with Crippen LogP contribution < -0.4 is 4.90 Å².